The third-order valence-corrected chi connectivity index (χ3v) is 4.60. The summed E-state index contributed by atoms with van der Waals surface area (Å²) in [5, 5.41) is 0. The van der Waals surface area contributed by atoms with Crippen LogP contribution in [0.1, 0.15) is 44.7 Å². The number of amides is 1. The minimum absolute atomic E-state index is 0.212. The Bertz CT molecular complexity index is 491. The molecule has 0 unspecified atom stereocenters. The van der Waals surface area contributed by atoms with Crippen molar-refractivity contribution in [1.82, 2.24) is 9.80 Å². The van der Waals surface area contributed by atoms with E-state index in [2.05, 4.69) is 49.9 Å². The molecule has 1 heterocycles. The second-order valence-corrected chi connectivity index (χ2v) is 7.73. The molecule has 1 fully saturated rings. The molecule has 0 radical (unpaired) electrons. The Balaban J connectivity index is 1.87. The van der Waals surface area contributed by atoms with Gasteiger partial charge in [0, 0.05) is 26.6 Å². The zero-order chi connectivity index (χ0) is 16.3. The quantitative estimate of drug-likeness (QED) is 0.855. The zero-order valence-electron chi connectivity index (χ0n) is 14.7. The van der Waals surface area contributed by atoms with Gasteiger partial charge in [-0.15, -0.1) is 0 Å². The van der Waals surface area contributed by atoms with Crippen LogP contribution >= 0.6 is 0 Å². The molecule has 1 amide bonds. The number of hydrogen-bond acceptors (Lipinski definition) is 2. The average molecular weight is 302 g/mol. The Morgan fingerprint density at radius 3 is 2.14 bits per heavy atom. The lowest BCUT2D eigenvalue weighted by atomic mass is 9.86. The van der Waals surface area contributed by atoms with Crippen molar-refractivity contribution >= 4 is 5.91 Å². The molecule has 0 atom stereocenters. The molecule has 0 saturated carbocycles. The number of nitrogens with zero attached hydrogens (tertiary/aromatic N) is 2. The number of piperidine rings is 1. The molecule has 0 N–H and O–H groups in total. The summed E-state index contributed by atoms with van der Waals surface area (Å²) in [7, 11) is 3.71. The molecule has 122 valence electrons. The normalized spacial score (nSPS) is 17.5. The van der Waals surface area contributed by atoms with E-state index in [-0.39, 0.29) is 17.2 Å². The lowest BCUT2D eigenvalue weighted by Crippen LogP contribution is -2.39. The van der Waals surface area contributed by atoms with E-state index >= 15 is 0 Å². The Labute approximate surface area is 135 Å². The van der Waals surface area contributed by atoms with Crippen molar-refractivity contribution in [1.29, 1.82) is 0 Å². The Kier molecular flexibility index (Phi) is 5.28. The molecular formula is C19H30N2O. The van der Waals surface area contributed by atoms with Gasteiger partial charge in [0.25, 0.3) is 0 Å². The van der Waals surface area contributed by atoms with Gasteiger partial charge in [-0.2, -0.15) is 0 Å². The third kappa shape index (κ3) is 4.33. The molecule has 1 aromatic rings. The predicted molar refractivity (Wildman–Crippen MR) is 91.8 cm³/mol. The fourth-order valence-corrected chi connectivity index (χ4v) is 3.07. The topological polar surface area (TPSA) is 23.6 Å². The number of hydrogen-bond donors (Lipinski definition) is 0. The van der Waals surface area contributed by atoms with Crippen LogP contribution in [0.5, 0.6) is 0 Å². The van der Waals surface area contributed by atoms with Crippen LogP contribution in [-0.2, 0) is 16.8 Å². The van der Waals surface area contributed by atoms with E-state index in [1.165, 1.54) is 11.1 Å². The summed E-state index contributed by atoms with van der Waals surface area (Å²) in [6.45, 7) is 9.77. The highest BCUT2D eigenvalue weighted by Gasteiger charge is 2.25. The molecule has 3 heteroatoms. The molecule has 1 aliphatic rings. The first kappa shape index (κ1) is 17.0. The largest absolute Gasteiger partial charge is 0.349 e. The fourth-order valence-electron chi connectivity index (χ4n) is 3.07. The van der Waals surface area contributed by atoms with Gasteiger partial charge in [-0.1, -0.05) is 45.0 Å². The smallest absolute Gasteiger partial charge is 0.225 e. The summed E-state index contributed by atoms with van der Waals surface area (Å²) in [6.07, 6.45) is 1.97. The maximum atomic E-state index is 12.0. The fraction of sp³-hybridized carbons (Fsp3) is 0.632. The van der Waals surface area contributed by atoms with Crippen molar-refractivity contribution in [3.05, 3.63) is 35.4 Å². The van der Waals surface area contributed by atoms with E-state index in [0.717, 1.165) is 32.5 Å². The van der Waals surface area contributed by atoms with Crippen LogP contribution in [-0.4, -0.2) is 42.9 Å². The van der Waals surface area contributed by atoms with Crippen molar-refractivity contribution in [2.75, 3.05) is 27.2 Å². The summed E-state index contributed by atoms with van der Waals surface area (Å²) in [6, 6.07) is 8.99. The molecule has 0 bridgehead atoms. The molecular weight excluding hydrogens is 272 g/mol. The van der Waals surface area contributed by atoms with E-state index in [0.29, 0.717) is 0 Å². The summed E-state index contributed by atoms with van der Waals surface area (Å²) in [5.74, 6) is 0.503. The van der Waals surface area contributed by atoms with E-state index in [4.69, 9.17) is 0 Å². The average Bonchev–Trinajstić information content (AvgIpc) is 2.47. The Morgan fingerprint density at radius 2 is 1.68 bits per heavy atom. The van der Waals surface area contributed by atoms with Gasteiger partial charge >= 0.3 is 0 Å². The van der Waals surface area contributed by atoms with Crippen molar-refractivity contribution in [3.63, 3.8) is 0 Å². The van der Waals surface area contributed by atoms with Crippen LogP contribution in [0.25, 0.3) is 0 Å². The van der Waals surface area contributed by atoms with Gasteiger partial charge in [-0.05, 0) is 42.5 Å². The van der Waals surface area contributed by atoms with Crippen molar-refractivity contribution in [3.8, 4) is 0 Å². The summed E-state index contributed by atoms with van der Waals surface area (Å²) < 4.78 is 0. The van der Waals surface area contributed by atoms with Crippen molar-refractivity contribution < 1.29 is 4.79 Å². The van der Waals surface area contributed by atoms with E-state index in [9.17, 15) is 4.79 Å². The maximum absolute atomic E-state index is 12.0. The van der Waals surface area contributed by atoms with Gasteiger partial charge < -0.3 is 4.90 Å². The first-order chi connectivity index (χ1) is 10.3. The maximum Gasteiger partial charge on any atom is 0.225 e. The van der Waals surface area contributed by atoms with Crippen LogP contribution in [0.15, 0.2) is 24.3 Å². The molecule has 3 nitrogen and oxygen atoms in total. The summed E-state index contributed by atoms with van der Waals surface area (Å²) >= 11 is 0. The molecule has 1 saturated heterocycles. The molecule has 1 aromatic carbocycles. The molecule has 0 spiro atoms. The van der Waals surface area contributed by atoms with Crippen LogP contribution in [0.4, 0.5) is 0 Å². The summed E-state index contributed by atoms with van der Waals surface area (Å²) in [4.78, 5) is 16.2. The SMILES string of the molecule is CN(C)C(=O)C1CCN(Cc2ccc(C(C)(C)C)cc2)CC1. The highest BCUT2D eigenvalue weighted by atomic mass is 16.2. The molecule has 2 rings (SSSR count). The van der Waals surface area contributed by atoms with E-state index in [1.807, 2.05) is 14.1 Å². The number of carbonyl (C=O) groups is 1. The van der Waals surface area contributed by atoms with Crippen LogP contribution < -0.4 is 0 Å². The highest BCUT2D eigenvalue weighted by Crippen LogP contribution is 2.24. The molecule has 1 aliphatic heterocycles. The highest BCUT2D eigenvalue weighted by molar-refractivity contribution is 5.78. The first-order valence-electron chi connectivity index (χ1n) is 8.30. The Hall–Kier alpha value is -1.35. The molecule has 22 heavy (non-hydrogen) atoms. The Morgan fingerprint density at radius 1 is 1.14 bits per heavy atom. The lowest BCUT2D eigenvalue weighted by molar-refractivity contribution is -0.134. The van der Waals surface area contributed by atoms with Gasteiger partial charge in [0.05, 0.1) is 0 Å². The van der Waals surface area contributed by atoms with Crippen LogP contribution in [0.2, 0.25) is 0 Å². The van der Waals surface area contributed by atoms with Crippen molar-refractivity contribution in [2.24, 2.45) is 5.92 Å². The monoisotopic (exact) mass is 302 g/mol. The van der Waals surface area contributed by atoms with Gasteiger partial charge in [-0.25, -0.2) is 0 Å². The first-order valence-corrected chi connectivity index (χ1v) is 8.30. The van der Waals surface area contributed by atoms with Gasteiger partial charge in [-0.3, -0.25) is 9.69 Å². The second kappa shape index (κ2) is 6.82. The third-order valence-electron chi connectivity index (χ3n) is 4.60. The predicted octanol–water partition coefficient (Wildman–Crippen LogP) is 3.28. The van der Waals surface area contributed by atoms with Crippen LogP contribution in [0.3, 0.4) is 0 Å². The minimum atomic E-state index is 0.212. The van der Waals surface area contributed by atoms with Crippen LogP contribution in [0, 0.1) is 5.92 Å². The van der Waals surface area contributed by atoms with Crippen molar-refractivity contribution in [2.45, 2.75) is 45.6 Å². The minimum Gasteiger partial charge on any atom is -0.349 e. The standard InChI is InChI=1S/C19H30N2O/c1-19(2,3)17-8-6-15(7-9-17)14-21-12-10-16(11-13-21)18(22)20(4)5/h6-9,16H,10-14H2,1-5H3. The second-order valence-electron chi connectivity index (χ2n) is 7.73. The van der Waals surface area contributed by atoms with Gasteiger partial charge in [0.2, 0.25) is 5.91 Å². The summed E-state index contributed by atoms with van der Waals surface area (Å²) in [5.41, 5.74) is 2.96. The number of carbonyl (C=O) groups excluding carboxylic acids is 1. The lowest BCUT2D eigenvalue weighted by Gasteiger charge is -2.32. The molecule has 0 aromatic heterocycles. The van der Waals surface area contributed by atoms with E-state index < -0.39 is 0 Å². The number of benzene rings is 1. The number of rotatable bonds is 3. The van der Waals surface area contributed by atoms with E-state index in [1.54, 1.807) is 4.90 Å². The van der Waals surface area contributed by atoms with Gasteiger partial charge in [0.1, 0.15) is 0 Å². The number of likely N-dealkylation sites (tertiary alicyclic amines) is 1. The van der Waals surface area contributed by atoms with Gasteiger partial charge in [0.15, 0.2) is 0 Å². The zero-order valence-corrected chi connectivity index (χ0v) is 14.7. The molecule has 0 aliphatic carbocycles.